The van der Waals surface area contributed by atoms with Gasteiger partial charge < -0.3 is 15.2 Å². The molecule has 1 aromatic rings. The molecule has 0 radical (unpaired) electrons. The van der Waals surface area contributed by atoms with Crippen LogP contribution in [-0.2, 0) is 4.79 Å². The van der Waals surface area contributed by atoms with Crippen LogP contribution in [0.1, 0.15) is 17.3 Å². The molecule has 1 rings (SSSR count). The van der Waals surface area contributed by atoms with Crippen LogP contribution >= 0.6 is 0 Å². The molecule has 0 spiro atoms. The molecule has 0 bridgehead atoms. The van der Waals surface area contributed by atoms with Crippen LogP contribution in [-0.4, -0.2) is 41.8 Å². The first-order valence-electron chi connectivity index (χ1n) is 5.25. The Bertz CT molecular complexity index is 467. The summed E-state index contributed by atoms with van der Waals surface area (Å²) in [6.07, 6.45) is 1.39. The largest absolute Gasteiger partial charge is 0.345 e. The second-order valence-electron chi connectivity index (χ2n) is 3.53. The molecule has 0 aliphatic heterocycles. The first-order valence-corrected chi connectivity index (χ1v) is 5.25. The summed E-state index contributed by atoms with van der Waals surface area (Å²) in [5.41, 5.74) is -0.115. The van der Waals surface area contributed by atoms with Gasteiger partial charge in [0.25, 0.3) is 5.91 Å². The zero-order valence-corrected chi connectivity index (χ0v) is 9.82. The van der Waals surface area contributed by atoms with Gasteiger partial charge in [0.1, 0.15) is 0 Å². The Morgan fingerprint density at radius 3 is 2.76 bits per heavy atom. The highest BCUT2D eigenvalue weighted by atomic mass is 16.2. The number of hydrogen-bond acceptors (Lipinski definition) is 3. The molecule has 0 aromatic carbocycles. The lowest BCUT2D eigenvalue weighted by Gasteiger charge is -2.14. The SMILES string of the molecule is CCN(C)C(=O)CNC(=O)c1cc[nH]c(=O)c1. The van der Waals surface area contributed by atoms with Gasteiger partial charge in [-0.25, -0.2) is 0 Å². The fourth-order valence-corrected chi connectivity index (χ4v) is 1.16. The number of rotatable bonds is 4. The van der Waals surface area contributed by atoms with Crippen LogP contribution in [0.15, 0.2) is 23.1 Å². The maximum absolute atomic E-state index is 11.6. The fraction of sp³-hybridized carbons (Fsp3) is 0.364. The van der Waals surface area contributed by atoms with Gasteiger partial charge in [-0.2, -0.15) is 0 Å². The Morgan fingerprint density at radius 2 is 2.18 bits per heavy atom. The monoisotopic (exact) mass is 237 g/mol. The van der Waals surface area contributed by atoms with Crippen molar-refractivity contribution in [1.82, 2.24) is 15.2 Å². The van der Waals surface area contributed by atoms with Crippen LogP contribution in [0.3, 0.4) is 0 Å². The van der Waals surface area contributed by atoms with Crippen LogP contribution in [0.4, 0.5) is 0 Å². The predicted octanol–water partition coefficient (Wildman–Crippen LogP) is -0.417. The Morgan fingerprint density at radius 1 is 1.47 bits per heavy atom. The van der Waals surface area contributed by atoms with Crippen molar-refractivity contribution in [1.29, 1.82) is 0 Å². The summed E-state index contributed by atoms with van der Waals surface area (Å²) in [6.45, 7) is 2.35. The highest BCUT2D eigenvalue weighted by Gasteiger charge is 2.10. The van der Waals surface area contributed by atoms with Crippen molar-refractivity contribution in [2.45, 2.75) is 6.92 Å². The van der Waals surface area contributed by atoms with Crippen molar-refractivity contribution >= 4 is 11.8 Å². The van der Waals surface area contributed by atoms with Crippen molar-refractivity contribution in [2.75, 3.05) is 20.1 Å². The van der Waals surface area contributed by atoms with Crippen LogP contribution in [0.5, 0.6) is 0 Å². The normalized spacial score (nSPS) is 9.76. The number of H-pyrrole nitrogens is 1. The van der Waals surface area contributed by atoms with Crippen LogP contribution < -0.4 is 10.9 Å². The molecular weight excluding hydrogens is 222 g/mol. The molecule has 6 heteroatoms. The van der Waals surface area contributed by atoms with E-state index < -0.39 is 5.91 Å². The van der Waals surface area contributed by atoms with Gasteiger partial charge in [-0.3, -0.25) is 14.4 Å². The maximum atomic E-state index is 11.6. The van der Waals surface area contributed by atoms with E-state index in [2.05, 4.69) is 10.3 Å². The molecule has 2 amide bonds. The van der Waals surface area contributed by atoms with Crippen molar-refractivity contribution in [2.24, 2.45) is 0 Å². The zero-order chi connectivity index (χ0) is 12.8. The number of amides is 2. The van der Waals surface area contributed by atoms with Crippen molar-refractivity contribution in [3.8, 4) is 0 Å². The highest BCUT2D eigenvalue weighted by molar-refractivity contribution is 5.96. The van der Waals surface area contributed by atoms with Gasteiger partial charge in [-0.05, 0) is 13.0 Å². The molecule has 2 N–H and O–H groups in total. The minimum atomic E-state index is -0.436. The summed E-state index contributed by atoms with van der Waals surface area (Å²) in [4.78, 5) is 37.9. The highest BCUT2D eigenvalue weighted by Crippen LogP contribution is 1.92. The van der Waals surface area contributed by atoms with Gasteiger partial charge >= 0.3 is 0 Å². The van der Waals surface area contributed by atoms with E-state index in [1.54, 1.807) is 7.05 Å². The molecule has 0 atom stereocenters. The minimum Gasteiger partial charge on any atom is -0.345 e. The van der Waals surface area contributed by atoms with Crippen molar-refractivity contribution in [3.63, 3.8) is 0 Å². The summed E-state index contributed by atoms with van der Waals surface area (Å²) in [5.74, 6) is -0.611. The maximum Gasteiger partial charge on any atom is 0.251 e. The first kappa shape index (κ1) is 13.0. The lowest BCUT2D eigenvalue weighted by atomic mass is 10.2. The summed E-state index contributed by atoms with van der Waals surface area (Å²) in [7, 11) is 1.65. The molecule has 6 nitrogen and oxygen atoms in total. The number of nitrogens with zero attached hydrogens (tertiary/aromatic N) is 1. The Hall–Kier alpha value is -2.11. The standard InChI is InChI=1S/C11H15N3O3/c1-3-14(2)10(16)7-13-11(17)8-4-5-12-9(15)6-8/h4-6H,3,7H2,1-2H3,(H,12,15)(H,13,17). The molecule has 0 saturated heterocycles. The topological polar surface area (TPSA) is 82.3 Å². The molecule has 1 heterocycles. The molecule has 0 saturated carbocycles. The van der Waals surface area contributed by atoms with Crippen LogP contribution in [0.25, 0.3) is 0 Å². The summed E-state index contributed by atoms with van der Waals surface area (Å²) in [5, 5.41) is 2.46. The van der Waals surface area contributed by atoms with E-state index in [0.29, 0.717) is 6.54 Å². The molecular formula is C11H15N3O3. The zero-order valence-electron chi connectivity index (χ0n) is 9.82. The van der Waals surface area contributed by atoms with Gasteiger partial charge in [0, 0.05) is 31.4 Å². The number of nitrogens with one attached hydrogen (secondary N) is 2. The third-order valence-electron chi connectivity index (χ3n) is 2.34. The van der Waals surface area contributed by atoms with E-state index in [1.165, 1.54) is 23.2 Å². The smallest absolute Gasteiger partial charge is 0.251 e. The lowest BCUT2D eigenvalue weighted by Crippen LogP contribution is -2.38. The number of pyridine rings is 1. The quantitative estimate of drug-likeness (QED) is 0.746. The summed E-state index contributed by atoms with van der Waals surface area (Å²) >= 11 is 0. The molecule has 0 aliphatic carbocycles. The van der Waals surface area contributed by atoms with E-state index >= 15 is 0 Å². The lowest BCUT2D eigenvalue weighted by molar-refractivity contribution is -0.128. The molecule has 1 aromatic heterocycles. The number of carbonyl (C=O) groups is 2. The van der Waals surface area contributed by atoms with Crippen LogP contribution in [0, 0.1) is 0 Å². The molecule has 92 valence electrons. The van der Waals surface area contributed by atoms with Gasteiger partial charge in [0.2, 0.25) is 11.5 Å². The number of likely N-dealkylation sites (N-methyl/N-ethyl adjacent to an activating group) is 1. The van der Waals surface area contributed by atoms with Crippen molar-refractivity contribution in [3.05, 3.63) is 34.2 Å². The van der Waals surface area contributed by atoms with Gasteiger partial charge in [0.05, 0.1) is 6.54 Å². The number of aromatic nitrogens is 1. The molecule has 0 aliphatic rings. The van der Waals surface area contributed by atoms with E-state index in [-0.39, 0.29) is 23.6 Å². The minimum absolute atomic E-state index is 0.0734. The average Bonchev–Trinajstić information content (AvgIpc) is 2.34. The van der Waals surface area contributed by atoms with E-state index in [0.717, 1.165) is 0 Å². The van der Waals surface area contributed by atoms with E-state index in [1.807, 2.05) is 6.92 Å². The number of carbonyl (C=O) groups excluding carboxylic acids is 2. The van der Waals surface area contributed by atoms with Gasteiger partial charge in [0.15, 0.2) is 0 Å². The molecule has 17 heavy (non-hydrogen) atoms. The first-order chi connectivity index (χ1) is 8.04. The van der Waals surface area contributed by atoms with E-state index in [9.17, 15) is 14.4 Å². The second kappa shape index (κ2) is 5.83. The van der Waals surface area contributed by atoms with Gasteiger partial charge in [-0.1, -0.05) is 0 Å². The van der Waals surface area contributed by atoms with Crippen LogP contribution in [0.2, 0.25) is 0 Å². The van der Waals surface area contributed by atoms with E-state index in [4.69, 9.17) is 0 Å². The Balaban J connectivity index is 2.56. The summed E-state index contributed by atoms with van der Waals surface area (Å²) in [6, 6.07) is 2.66. The Kier molecular flexibility index (Phi) is 4.45. The predicted molar refractivity (Wildman–Crippen MR) is 62.7 cm³/mol. The third-order valence-corrected chi connectivity index (χ3v) is 2.34. The van der Waals surface area contributed by atoms with Gasteiger partial charge in [-0.15, -0.1) is 0 Å². The summed E-state index contributed by atoms with van der Waals surface area (Å²) < 4.78 is 0. The fourth-order valence-electron chi connectivity index (χ4n) is 1.16. The molecule has 0 fully saturated rings. The Labute approximate surface area is 98.6 Å². The second-order valence-corrected chi connectivity index (χ2v) is 3.53. The number of hydrogen-bond donors (Lipinski definition) is 2. The van der Waals surface area contributed by atoms with Crippen molar-refractivity contribution < 1.29 is 9.59 Å². The third kappa shape index (κ3) is 3.75. The number of aromatic amines is 1. The average molecular weight is 237 g/mol. The molecule has 0 unspecified atom stereocenters.